The van der Waals surface area contributed by atoms with E-state index in [1.807, 2.05) is 20.8 Å². The molecule has 332 valence electrons. The summed E-state index contributed by atoms with van der Waals surface area (Å²) in [5.74, 6) is -3.55. The number of rotatable bonds is 20. The first-order valence-corrected chi connectivity index (χ1v) is 21.2. The molecule has 0 bridgehead atoms. The van der Waals surface area contributed by atoms with Crippen LogP contribution in [-0.2, 0) is 57.5 Å². The van der Waals surface area contributed by atoms with Crippen molar-refractivity contribution in [1.29, 1.82) is 0 Å². The molecule has 1 aliphatic heterocycles. The number of nitrogens with two attached hydrogens (primary N) is 1. The van der Waals surface area contributed by atoms with E-state index in [-0.39, 0.29) is 24.9 Å². The Balaban J connectivity index is 2.30. The lowest BCUT2D eigenvalue weighted by molar-refractivity contribution is -0.163. The second-order valence-electron chi connectivity index (χ2n) is 17.8. The van der Waals surface area contributed by atoms with Crippen LogP contribution in [0.5, 0.6) is 0 Å². The molecule has 0 aromatic heterocycles. The minimum Gasteiger partial charge on any atom is -0.438 e. The number of alkyl halides is 2. The van der Waals surface area contributed by atoms with Gasteiger partial charge in [0.15, 0.2) is 0 Å². The molecule has 3 atom stereocenters. The maximum atomic E-state index is 16.0. The Kier molecular flexibility index (Phi) is 18.0. The van der Waals surface area contributed by atoms with E-state index in [2.05, 4.69) is 10.6 Å². The average molecular weight is 857 g/mol. The highest BCUT2D eigenvalue weighted by atomic mass is 31.2. The molecule has 0 aliphatic carbocycles. The quantitative estimate of drug-likeness (QED) is 0.0556. The van der Waals surface area contributed by atoms with Gasteiger partial charge in [0.05, 0.1) is 10.8 Å². The maximum absolute atomic E-state index is 16.0. The lowest BCUT2D eigenvalue weighted by Gasteiger charge is -2.29. The van der Waals surface area contributed by atoms with Crippen LogP contribution in [0, 0.1) is 16.2 Å². The number of nitrogens with zero attached hydrogens (tertiary/aromatic N) is 1. The largest absolute Gasteiger partial charge is 0.438 e. The fraction of sp³-hybridized carbons (Fsp3) is 0.659. The summed E-state index contributed by atoms with van der Waals surface area (Å²) in [5.41, 5.74) is -1.68. The van der Waals surface area contributed by atoms with E-state index in [0.717, 1.165) is 18.6 Å². The molecule has 1 aromatic rings. The first kappa shape index (κ1) is 50.9. The van der Waals surface area contributed by atoms with Gasteiger partial charge in [-0.15, -0.1) is 0 Å². The van der Waals surface area contributed by atoms with Gasteiger partial charge in [-0.05, 0) is 91.2 Å². The molecule has 4 amide bonds. The smallest absolute Gasteiger partial charge is 0.410 e. The van der Waals surface area contributed by atoms with E-state index in [1.54, 1.807) is 13.8 Å². The van der Waals surface area contributed by atoms with Crippen LogP contribution in [0.3, 0.4) is 0 Å². The number of carbonyl (C=O) groups excluding carboxylic acids is 6. The van der Waals surface area contributed by atoms with Gasteiger partial charge >= 0.3 is 25.2 Å². The lowest BCUT2D eigenvalue weighted by atomic mass is 9.90. The molecule has 2 rings (SSSR count). The first-order chi connectivity index (χ1) is 27.0. The van der Waals surface area contributed by atoms with Gasteiger partial charge in [-0.2, -0.15) is 8.78 Å². The second-order valence-corrected chi connectivity index (χ2v) is 19.8. The Morgan fingerprint density at radius 3 is 1.93 bits per heavy atom. The number of esters is 2. The molecule has 0 unspecified atom stereocenters. The van der Waals surface area contributed by atoms with E-state index in [1.165, 1.54) is 64.7 Å². The normalized spacial score (nSPS) is 17.1. The van der Waals surface area contributed by atoms with E-state index >= 15 is 8.78 Å². The number of benzene rings is 1. The Bertz CT molecular complexity index is 1720. The monoisotopic (exact) mass is 856 g/mol. The van der Waals surface area contributed by atoms with Crippen LogP contribution in [0.25, 0.3) is 5.57 Å². The molecule has 1 aromatic carbocycles. The fourth-order valence-corrected chi connectivity index (χ4v) is 7.13. The van der Waals surface area contributed by atoms with E-state index in [4.69, 9.17) is 24.3 Å². The van der Waals surface area contributed by atoms with Crippen molar-refractivity contribution >= 4 is 48.7 Å². The van der Waals surface area contributed by atoms with Crippen molar-refractivity contribution in [2.24, 2.45) is 22.0 Å². The van der Waals surface area contributed by atoms with Crippen molar-refractivity contribution in [3.8, 4) is 0 Å². The van der Waals surface area contributed by atoms with Crippen LogP contribution in [0.1, 0.15) is 126 Å². The van der Waals surface area contributed by atoms with Crippen LogP contribution >= 0.6 is 7.60 Å². The van der Waals surface area contributed by atoms with Crippen molar-refractivity contribution < 1.29 is 60.6 Å². The molecule has 0 spiro atoms. The van der Waals surface area contributed by atoms with Gasteiger partial charge in [0, 0.05) is 30.6 Å². The second kappa shape index (κ2) is 20.9. The molecule has 1 heterocycles. The summed E-state index contributed by atoms with van der Waals surface area (Å²) in [4.78, 5) is 77.9. The third-order valence-electron chi connectivity index (χ3n) is 9.41. The van der Waals surface area contributed by atoms with Crippen LogP contribution in [0.15, 0.2) is 30.3 Å². The highest BCUT2D eigenvalue weighted by Crippen LogP contribution is 2.67. The summed E-state index contributed by atoms with van der Waals surface area (Å²) in [7, 11) is -5.54. The summed E-state index contributed by atoms with van der Waals surface area (Å²) < 4.78 is 65.3. The third-order valence-corrected chi connectivity index (χ3v) is 11.2. The Morgan fingerprint density at radius 2 is 1.46 bits per heavy atom. The van der Waals surface area contributed by atoms with Crippen molar-refractivity contribution in [1.82, 2.24) is 15.5 Å². The molecule has 4 N–H and O–H groups in total. The minimum absolute atomic E-state index is 0.0940. The summed E-state index contributed by atoms with van der Waals surface area (Å²) >= 11 is 0. The highest BCUT2D eigenvalue weighted by Gasteiger charge is 2.56. The molecule has 1 aliphatic rings. The number of likely N-dealkylation sites (tertiary alicyclic amines) is 1. The van der Waals surface area contributed by atoms with Gasteiger partial charge < -0.3 is 30.7 Å². The first-order valence-electron chi connectivity index (χ1n) is 19.6. The van der Waals surface area contributed by atoms with Crippen LogP contribution < -0.4 is 16.4 Å². The number of carbonyl (C=O) groups is 6. The molecular weight excluding hydrogens is 793 g/mol. The molecule has 59 heavy (non-hydrogen) atoms. The van der Waals surface area contributed by atoms with E-state index < -0.39 is 90.4 Å². The molecule has 0 saturated carbocycles. The molecular formula is C41H63F2N4O11P. The summed E-state index contributed by atoms with van der Waals surface area (Å²) in [6.45, 7) is 16.2. The Labute approximate surface area is 346 Å². The van der Waals surface area contributed by atoms with Gasteiger partial charge in [-0.1, -0.05) is 57.9 Å². The van der Waals surface area contributed by atoms with Crippen molar-refractivity contribution in [3.05, 3.63) is 41.5 Å². The Hall–Kier alpha value is -4.21. The van der Waals surface area contributed by atoms with Crippen molar-refractivity contribution in [3.63, 3.8) is 0 Å². The number of allylic oxidation sites excluding steroid dienone is 1. The molecule has 0 radical (unpaired) electrons. The predicted molar refractivity (Wildman–Crippen MR) is 216 cm³/mol. The number of hydrogen-bond donors (Lipinski definition) is 3. The maximum Gasteiger partial charge on any atom is 0.410 e. The van der Waals surface area contributed by atoms with Crippen molar-refractivity contribution in [2.45, 2.75) is 138 Å². The van der Waals surface area contributed by atoms with E-state index in [0.29, 0.717) is 36.8 Å². The number of unbranched alkanes of at least 4 members (excludes halogenated alkanes) is 1. The molecule has 18 heteroatoms. The zero-order chi connectivity index (χ0) is 45.1. The van der Waals surface area contributed by atoms with E-state index in [9.17, 15) is 33.3 Å². The van der Waals surface area contributed by atoms with Crippen LogP contribution in [0.4, 0.5) is 8.78 Å². The van der Waals surface area contributed by atoms with Gasteiger partial charge in [0.1, 0.15) is 12.1 Å². The third kappa shape index (κ3) is 15.1. The number of hydrogen-bond acceptors (Lipinski definition) is 11. The Morgan fingerprint density at radius 1 is 0.932 bits per heavy atom. The van der Waals surface area contributed by atoms with Gasteiger partial charge in [-0.3, -0.25) is 42.4 Å². The predicted octanol–water partition coefficient (Wildman–Crippen LogP) is 6.53. The van der Waals surface area contributed by atoms with Crippen molar-refractivity contribution in [2.75, 3.05) is 20.1 Å². The fourth-order valence-electron chi connectivity index (χ4n) is 5.89. The van der Waals surface area contributed by atoms with Gasteiger partial charge in [0.2, 0.25) is 37.2 Å². The van der Waals surface area contributed by atoms with Gasteiger partial charge in [-0.25, -0.2) is 0 Å². The number of halogens is 2. The summed E-state index contributed by atoms with van der Waals surface area (Å²) in [5, 5.41) is 5.64. The number of ether oxygens (including phenoxy) is 2. The zero-order valence-corrected chi connectivity index (χ0v) is 37.1. The number of primary amides is 1. The number of nitrogens with one attached hydrogen (secondary N) is 2. The summed E-state index contributed by atoms with van der Waals surface area (Å²) in [6.07, 6.45) is 3.66. The highest BCUT2D eigenvalue weighted by molar-refractivity contribution is 7.54. The average Bonchev–Trinajstić information content (AvgIpc) is 3.46. The number of amides is 4. The van der Waals surface area contributed by atoms with Crippen LogP contribution in [0.2, 0.25) is 0 Å². The summed E-state index contributed by atoms with van der Waals surface area (Å²) in [6, 6.07) is 2.29. The molecule has 1 fully saturated rings. The molecule has 15 nitrogen and oxygen atoms in total. The standard InChI is InChI=1S/C41H63F2N4O11P/c1-12-13-14-30(35(51)47-23-40(10,11)22-31(47)34(50)45-27(3)15-20-32(44)48)46-33(49)21-26(2)28-16-18-29(19-17-28)41(42,43)59(54,57-24-55-36(52)38(4,5)6)58-25-56-37(53)39(7,8)9/h16-19,21,27,30-31H,12-15,20,22-25H2,1-11H3,(H2,44,48)(H,45,50)(H,46,49)/b26-21+/t27-,30+,31+/m1/s1. The zero-order valence-electron chi connectivity index (χ0n) is 36.2. The lowest BCUT2D eigenvalue weighted by Crippen LogP contribution is -2.54. The van der Waals surface area contributed by atoms with Crippen LogP contribution in [-0.4, -0.2) is 78.7 Å². The molecule has 1 saturated heterocycles. The SMILES string of the molecule is CCCC[C@H](NC(=O)/C=C(\C)c1ccc(C(F)(F)P(=O)(OCOC(=O)C(C)(C)C)OCOC(=O)C(C)(C)C)cc1)C(=O)N1CC(C)(C)C[C@H]1C(=O)N[C@H](C)CCC(N)=O. The topological polar surface area (TPSA) is 210 Å². The minimum atomic E-state index is -5.54. The van der Waals surface area contributed by atoms with Gasteiger partial charge in [0.25, 0.3) is 0 Å².